The number of nitrogens with one attached hydrogen (secondary N) is 2. The molecule has 1 saturated carbocycles. The van der Waals surface area contributed by atoms with Crippen LogP contribution in [0.1, 0.15) is 57.9 Å². The lowest BCUT2D eigenvalue weighted by Gasteiger charge is -2.36. The Morgan fingerprint density at radius 2 is 2.00 bits per heavy atom. The highest BCUT2D eigenvalue weighted by atomic mass is 16.2. The topological polar surface area (TPSA) is 78.5 Å². The molecule has 1 aliphatic heterocycles. The molecule has 2 fully saturated rings. The molecule has 1 saturated heterocycles. The first-order valence-electron chi connectivity index (χ1n) is 9.99. The summed E-state index contributed by atoms with van der Waals surface area (Å²) in [5.41, 5.74) is 1.08. The number of imide groups is 1. The quantitative estimate of drug-likeness (QED) is 0.752. The fourth-order valence-electron chi connectivity index (χ4n) is 4.12. The Labute approximate surface area is 160 Å². The summed E-state index contributed by atoms with van der Waals surface area (Å²) in [5, 5.41) is 5.66. The fraction of sp³-hybridized carbons (Fsp3) is 0.571. The van der Waals surface area contributed by atoms with Gasteiger partial charge in [-0.2, -0.15) is 0 Å². The largest absolute Gasteiger partial charge is 0.325 e. The molecule has 6 nitrogen and oxygen atoms in total. The van der Waals surface area contributed by atoms with E-state index in [1.807, 2.05) is 31.2 Å². The van der Waals surface area contributed by atoms with E-state index >= 15 is 0 Å². The van der Waals surface area contributed by atoms with Gasteiger partial charge in [0.2, 0.25) is 5.91 Å². The monoisotopic (exact) mass is 371 g/mol. The summed E-state index contributed by atoms with van der Waals surface area (Å²) in [6.07, 6.45) is 6.85. The molecule has 2 N–H and O–H groups in total. The average molecular weight is 371 g/mol. The molecule has 0 unspecified atom stereocenters. The highest BCUT2D eigenvalue weighted by Crippen LogP contribution is 2.38. The maximum absolute atomic E-state index is 12.9. The van der Waals surface area contributed by atoms with Crippen LogP contribution < -0.4 is 10.6 Å². The maximum Gasteiger partial charge on any atom is 0.325 e. The Hall–Kier alpha value is -2.37. The normalized spacial score (nSPS) is 25.0. The lowest BCUT2D eigenvalue weighted by atomic mass is 9.73. The number of carbonyl (C=O) groups is 3. The summed E-state index contributed by atoms with van der Waals surface area (Å²) in [6, 6.07) is 7.26. The van der Waals surface area contributed by atoms with E-state index < -0.39 is 11.6 Å². The van der Waals surface area contributed by atoms with Gasteiger partial charge in [-0.15, -0.1) is 0 Å². The van der Waals surface area contributed by atoms with Crippen molar-refractivity contribution in [2.24, 2.45) is 5.92 Å². The van der Waals surface area contributed by atoms with Crippen LogP contribution in [0, 0.1) is 5.92 Å². The van der Waals surface area contributed by atoms with E-state index in [1.54, 1.807) is 0 Å². The Balaban J connectivity index is 1.60. The molecule has 146 valence electrons. The molecule has 1 aromatic carbocycles. The molecule has 6 heteroatoms. The van der Waals surface area contributed by atoms with Crippen molar-refractivity contribution in [3.63, 3.8) is 0 Å². The second-order valence-electron chi connectivity index (χ2n) is 7.79. The van der Waals surface area contributed by atoms with Gasteiger partial charge in [0.15, 0.2) is 0 Å². The van der Waals surface area contributed by atoms with Crippen molar-refractivity contribution in [2.75, 3.05) is 11.9 Å². The maximum atomic E-state index is 12.9. The lowest BCUT2D eigenvalue weighted by Crippen LogP contribution is -2.54. The number of rotatable bonds is 6. The molecule has 1 aromatic rings. The minimum absolute atomic E-state index is 0.0893. The standard InChI is InChI=1S/C21H29N3O3/c1-3-4-8-16-9-11-17(12-10-16)22-18(25)14-24-19(26)21(23-20(24)27)13-6-5-7-15(21)2/h9-12,15H,3-8,13-14H2,1-2H3,(H,22,25)(H,23,27)/t15-,21-/m1/s1. The zero-order valence-corrected chi connectivity index (χ0v) is 16.2. The highest BCUT2D eigenvalue weighted by Gasteiger charge is 2.55. The van der Waals surface area contributed by atoms with Crippen molar-refractivity contribution in [3.8, 4) is 0 Å². The summed E-state index contributed by atoms with van der Waals surface area (Å²) >= 11 is 0. The number of hydrogen-bond acceptors (Lipinski definition) is 3. The molecule has 1 heterocycles. The van der Waals surface area contributed by atoms with Gasteiger partial charge in [-0.3, -0.25) is 14.5 Å². The minimum atomic E-state index is -0.823. The van der Waals surface area contributed by atoms with E-state index in [9.17, 15) is 14.4 Å². The van der Waals surface area contributed by atoms with E-state index in [1.165, 1.54) is 5.56 Å². The lowest BCUT2D eigenvalue weighted by molar-refractivity contribution is -0.136. The van der Waals surface area contributed by atoms with Crippen LogP contribution >= 0.6 is 0 Å². The fourth-order valence-corrected chi connectivity index (χ4v) is 4.12. The van der Waals surface area contributed by atoms with Crippen molar-refractivity contribution < 1.29 is 14.4 Å². The molecule has 0 bridgehead atoms. The molecule has 1 aliphatic carbocycles. The first-order valence-corrected chi connectivity index (χ1v) is 9.99. The summed E-state index contributed by atoms with van der Waals surface area (Å²) in [7, 11) is 0. The van der Waals surface area contributed by atoms with Crippen LogP contribution in [-0.2, 0) is 16.0 Å². The summed E-state index contributed by atoms with van der Waals surface area (Å²) in [6.45, 7) is 3.90. The van der Waals surface area contributed by atoms with Crippen molar-refractivity contribution in [3.05, 3.63) is 29.8 Å². The Kier molecular flexibility index (Phi) is 5.82. The number of urea groups is 1. The van der Waals surface area contributed by atoms with Gasteiger partial charge < -0.3 is 10.6 Å². The summed E-state index contributed by atoms with van der Waals surface area (Å²) in [4.78, 5) is 38.7. The van der Waals surface area contributed by atoms with E-state index in [0.717, 1.165) is 43.4 Å². The van der Waals surface area contributed by atoms with Crippen LogP contribution in [0.4, 0.5) is 10.5 Å². The smallest absolute Gasteiger partial charge is 0.325 e. The minimum Gasteiger partial charge on any atom is -0.325 e. The third-order valence-corrected chi connectivity index (χ3v) is 5.86. The molecule has 27 heavy (non-hydrogen) atoms. The number of nitrogens with zero attached hydrogens (tertiary/aromatic N) is 1. The molecule has 4 amide bonds. The first kappa shape index (κ1) is 19.4. The third kappa shape index (κ3) is 3.99. The number of unbranched alkanes of at least 4 members (excludes halogenated alkanes) is 1. The van der Waals surface area contributed by atoms with Gasteiger partial charge in [0.25, 0.3) is 5.91 Å². The predicted octanol–water partition coefficient (Wildman–Crippen LogP) is 3.47. The molecule has 0 aromatic heterocycles. The second kappa shape index (κ2) is 8.11. The zero-order valence-electron chi connectivity index (χ0n) is 16.2. The van der Waals surface area contributed by atoms with Gasteiger partial charge in [-0.05, 0) is 49.3 Å². The van der Waals surface area contributed by atoms with Crippen LogP contribution in [0.15, 0.2) is 24.3 Å². The van der Waals surface area contributed by atoms with Crippen LogP contribution in [-0.4, -0.2) is 34.8 Å². The molecule has 3 rings (SSSR count). The molecule has 0 radical (unpaired) electrons. The predicted molar refractivity (Wildman–Crippen MR) is 104 cm³/mol. The molecule has 2 atom stereocenters. The van der Waals surface area contributed by atoms with Crippen LogP contribution in [0.25, 0.3) is 0 Å². The van der Waals surface area contributed by atoms with Crippen molar-refractivity contribution in [1.29, 1.82) is 0 Å². The molecule has 1 spiro atoms. The van der Waals surface area contributed by atoms with Crippen LogP contribution in [0.3, 0.4) is 0 Å². The van der Waals surface area contributed by atoms with Gasteiger partial charge in [0, 0.05) is 5.69 Å². The van der Waals surface area contributed by atoms with E-state index in [2.05, 4.69) is 17.6 Å². The molecular formula is C21H29N3O3. The zero-order chi connectivity index (χ0) is 19.4. The Bertz CT molecular complexity index is 716. The Morgan fingerprint density at radius 3 is 2.67 bits per heavy atom. The van der Waals surface area contributed by atoms with E-state index in [4.69, 9.17) is 0 Å². The first-order chi connectivity index (χ1) is 13.0. The Morgan fingerprint density at radius 1 is 1.26 bits per heavy atom. The second-order valence-corrected chi connectivity index (χ2v) is 7.79. The molecule has 2 aliphatic rings. The number of carbonyl (C=O) groups excluding carboxylic acids is 3. The van der Waals surface area contributed by atoms with Crippen molar-refractivity contribution in [1.82, 2.24) is 10.2 Å². The van der Waals surface area contributed by atoms with Gasteiger partial charge in [-0.1, -0.05) is 45.2 Å². The number of aryl methyl sites for hydroxylation is 1. The van der Waals surface area contributed by atoms with Crippen LogP contribution in [0.2, 0.25) is 0 Å². The third-order valence-electron chi connectivity index (χ3n) is 5.86. The average Bonchev–Trinajstić information content (AvgIpc) is 2.88. The summed E-state index contributed by atoms with van der Waals surface area (Å²) in [5.74, 6) is -0.531. The van der Waals surface area contributed by atoms with E-state index in [-0.39, 0.29) is 24.3 Å². The highest BCUT2D eigenvalue weighted by molar-refractivity contribution is 6.10. The van der Waals surface area contributed by atoms with Gasteiger partial charge in [0.05, 0.1) is 0 Å². The molecular weight excluding hydrogens is 342 g/mol. The van der Waals surface area contributed by atoms with Gasteiger partial charge >= 0.3 is 6.03 Å². The van der Waals surface area contributed by atoms with Crippen LogP contribution in [0.5, 0.6) is 0 Å². The number of amides is 4. The number of anilines is 1. The van der Waals surface area contributed by atoms with E-state index in [0.29, 0.717) is 12.1 Å². The van der Waals surface area contributed by atoms with Crippen molar-refractivity contribution in [2.45, 2.75) is 64.3 Å². The van der Waals surface area contributed by atoms with Gasteiger partial charge in [-0.25, -0.2) is 4.79 Å². The SMILES string of the molecule is CCCCc1ccc(NC(=O)CN2C(=O)N[C@@]3(CCCC[C@H]3C)C2=O)cc1. The van der Waals surface area contributed by atoms with Crippen molar-refractivity contribution >= 4 is 23.5 Å². The van der Waals surface area contributed by atoms with Gasteiger partial charge in [0.1, 0.15) is 12.1 Å². The summed E-state index contributed by atoms with van der Waals surface area (Å²) < 4.78 is 0. The number of benzene rings is 1. The number of hydrogen-bond donors (Lipinski definition) is 2.